The monoisotopic (exact) mass is 664 g/mol. The molecule has 248 valence electrons. The van der Waals surface area contributed by atoms with Crippen LogP contribution in [0, 0.1) is 6.92 Å². The Morgan fingerprint density at radius 1 is 1.11 bits per heavy atom. The van der Waals surface area contributed by atoms with E-state index in [4.69, 9.17) is 0 Å². The number of amides is 2. The van der Waals surface area contributed by atoms with Gasteiger partial charge < -0.3 is 15.0 Å². The van der Waals surface area contributed by atoms with Gasteiger partial charge in [-0.05, 0) is 80.1 Å². The molecule has 0 bridgehead atoms. The van der Waals surface area contributed by atoms with Gasteiger partial charge >= 0.3 is 12.4 Å². The maximum Gasteiger partial charge on any atom is 0.573 e. The van der Waals surface area contributed by atoms with Crippen LogP contribution in [0.25, 0.3) is 17.1 Å². The molecule has 0 radical (unpaired) electrons. The van der Waals surface area contributed by atoms with Gasteiger partial charge in [0.25, 0.3) is 0 Å². The Morgan fingerprint density at radius 3 is 2.53 bits per heavy atom. The van der Waals surface area contributed by atoms with Crippen LogP contribution in [0.2, 0.25) is 0 Å². The van der Waals surface area contributed by atoms with Crippen LogP contribution in [0.1, 0.15) is 62.6 Å². The van der Waals surface area contributed by atoms with Gasteiger partial charge in [0.1, 0.15) is 12.1 Å². The first-order valence-corrected chi connectivity index (χ1v) is 16.8. The maximum absolute atomic E-state index is 13.1. The fourth-order valence-corrected chi connectivity index (χ4v) is 6.78. The van der Waals surface area contributed by atoms with Crippen LogP contribution >= 0.6 is 11.8 Å². The average molecular weight is 665 g/mol. The molecule has 0 saturated carbocycles. The molecule has 8 nitrogen and oxygen atoms in total. The first-order valence-electron chi connectivity index (χ1n) is 15.8. The molecule has 0 aliphatic carbocycles. The number of amidine groups is 1. The Hall–Kier alpha value is -4.32. The topological polar surface area (TPSA) is 84.6 Å². The second-order valence-electron chi connectivity index (χ2n) is 11.6. The quantitative estimate of drug-likeness (QED) is 0.183. The molecule has 5 rings (SSSR count). The zero-order valence-electron chi connectivity index (χ0n) is 26.9. The molecule has 2 heterocycles. The number of nitrogens with zero attached hydrogens (tertiary/aromatic N) is 5. The van der Waals surface area contributed by atoms with E-state index >= 15 is 0 Å². The largest absolute Gasteiger partial charge is 0.573 e. The van der Waals surface area contributed by atoms with Crippen LogP contribution in [-0.4, -0.2) is 50.7 Å². The molecule has 3 aromatic carbocycles. The lowest BCUT2D eigenvalue weighted by Crippen LogP contribution is -2.43. The molecule has 1 aliphatic rings. The molecule has 1 saturated heterocycles. The summed E-state index contributed by atoms with van der Waals surface area (Å²) in [6.07, 6.45) is 0.598. The minimum Gasteiger partial charge on any atom is -0.406 e. The summed E-state index contributed by atoms with van der Waals surface area (Å²) in [6, 6.07) is 19.7. The van der Waals surface area contributed by atoms with Gasteiger partial charge in [-0.2, -0.15) is 4.99 Å². The number of aromatic nitrogens is 3. The molecule has 4 aromatic rings. The normalized spacial score (nSPS) is 16.7. The Bertz CT molecular complexity index is 1690. The van der Waals surface area contributed by atoms with Crippen LogP contribution in [-0.2, 0) is 6.42 Å². The van der Waals surface area contributed by atoms with E-state index in [1.807, 2.05) is 24.3 Å². The van der Waals surface area contributed by atoms with Crippen molar-refractivity contribution in [2.24, 2.45) is 4.99 Å². The van der Waals surface area contributed by atoms with Crippen LogP contribution in [0.15, 0.2) is 78.0 Å². The second kappa shape index (κ2) is 15.1. The number of anilines is 1. The van der Waals surface area contributed by atoms with Crippen molar-refractivity contribution in [1.82, 2.24) is 20.1 Å². The average Bonchev–Trinajstić information content (AvgIpc) is 3.53. The summed E-state index contributed by atoms with van der Waals surface area (Å²) >= 11 is 1.62. The SMILES string of the molecule is CCCc1ccc(C)cc1N1/C(=N/C(=O)NCC(CC)c2ccc(-c3ncn(-c4ccc(OC(F)(F)F)cc4)n3)cc2)SCCC1C. The lowest BCUT2D eigenvalue weighted by atomic mass is 9.95. The molecule has 2 unspecified atom stereocenters. The van der Waals surface area contributed by atoms with E-state index in [1.165, 1.54) is 46.4 Å². The van der Waals surface area contributed by atoms with E-state index in [0.29, 0.717) is 18.1 Å². The van der Waals surface area contributed by atoms with E-state index in [-0.39, 0.29) is 23.7 Å². The van der Waals surface area contributed by atoms with Crippen molar-refractivity contribution in [3.05, 3.63) is 89.7 Å². The summed E-state index contributed by atoms with van der Waals surface area (Å²) in [6.45, 7) is 8.98. The number of rotatable bonds is 10. The highest BCUT2D eigenvalue weighted by Crippen LogP contribution is 2.33. The molecule has 47 heavy (non-hydrogen) atoms. The molecular formula is C35H39F3N6O2S. The van der Waals surface area contributed by atoms with Crippen molar-refractivity contribution in [3.8, 4) is 22.8 Å². The van der Waals surface area contributed by atoms with Crippen molar-refractivity contribution >= 4 is 28.6 Å². The number of carbonyl (C=O) groups excluding carboxylic acids is 1. The Balaban J connectivity index is 1.23. The lowest BCUT2D eigenvalue weighted by molar-refractivity contribution is -0.274. The molecule has 12 heteroatoms. The predicted octanol–water partition coefficient (Wildman–Crippen LogP) is 8.69. The summed E-state index contributed by atoms with van der Waals surface area (Å²) < 4.78 is 42.8. The highest BCUT2D eigenvalue weighted by Gasteiger charge is 2.31. The fourth-order valence-electron chi connectivity index (χ4n) is 5.57. The van der Waals surface area contributed by atoms with E-state index in [0.717, 1.165) is 53.4 Å². The van der Waals surface area contributed by atoms with Crippen molar-refractivity contribution in [3.63, 3.8) is 0 Å². The molecule has 1 aliphatic heterocycles. The summed E-state index contributed by atoms with van der Waals surface area (Å²) in [5, 5.41) is 8.25. The highest BCUT2D eigenvalue weighted by molar-refractivity contribution is 8.14. The molecule has 2 atom stereocenters. The smallest absolute Gasteiger partial charge is 0.406 e. The third-order valence-electron chi connectivity index (χ3n) is 8.09. The van der Waals surface area contributed by atoms with E-state index in [9.17, 15) is 18.0 Å². The van der Waals surface area contributed by atoms with Gasteiger partial charge in [-0.25, -0.2) is 14.5 Å². The number of aryl methyl sites for hydroxylation is 2. The zero-order valence-corrected chi connectivity index (χ0v) is 27.7. The van der Waals surface area contributed by atoms with Crippen LogP contribution in [0.4, 0.5) is 23.7 Å². The fraction of sp³-hybridized carbons (Fsp3) is 0.371. The van der Waals surface area contributed by atoms with Gasteiger partial charge in [0, 0.05) is 35.5 Å². The van der Waals surface area contributed by atoms with Crippen LogP contribution in [0.3, 0.4) is 0 Å². The maximum atomic E-state index is 13.1. The number of benzene rings is 3. The molecule has 0 spiro atoms. The third-order valence-corrected chi connectivity index (χ3v) is 9.08. The van der Waals surface area contributed by atoms with E-state index in [1.54, 1.807) is 11.8 Å². The molecule has 1 aromatic heterocycles. The van der Waals surface area contributed by atoms with E-state index in [2.05, 4.69) is 75.9 Å². The number of alkyl halides is 3. The Kier molecular flexibility index (Phi) is 10.9. The minimum atomic E-state index is -4.75. The number of carbonyl (C=O) groups is 1. The first kappa shape index (κ1) is 34.0. The Labute approximate surface area is 277 Å². The minimum absolute atomic E-state index is 0.0816. The summed E-state index contributed by atoms with van der Waals surface area (Å²) in [5.41, 5.74) is 5.99. The zero-order chi connectivity index (χ0) is 33.6. The number of hydrogen-bond acceptors (Lipinski definition) is 5. The molecule has 1 fully saturated rings. The number of aliphatic imine (C=N–C) groups is 1. The van der Waals surface area contributed by atoms with Crippen LogP contribution < -0.4 is 15.0 Å². The molecular weight excluding hydrogens is 625 g/mol. The summed E-state index contributed by atoms with van der Waals surface area (Å²) in [5.74, 6) is 1.17. The number of hydrogen-bond donors (Lipinski definition) is 1. The number of ether oxygens (including phenoxy) is 1. The molecule has 2 amide bonds. The van der Waals surface area contributed by atoms with Gasteiger partial charge in [-0.3, -0.25) is 0 Å². The number of urea groups is 1. The van der Waals surface area contributed by atoms with Gasteiger partial charge in [-0.1, -0.05) is 68.4 Å². The number of thioether (sulfide) groups is 1. The van der Waals surface area contributed by atoms with Gasteiger partial charge in [-0.15, -0.1) is 18.3 Å². The number of halogens is 3. The van der Waals surface area contributed by atoms with Crippen LogP contribution in [0.5, 0.6) is 5.75 Å². The first-order chi connectivity index (χ1) is 22.5. The molecule has 1 N–H and O–H groups in total. The van der Waals surface area contributed by atoms with Crippen molar-refractivity contribution in [1.29, 1.82) is 0 Å². The Morgan fingerprint density at radius 2 is 1.85 bits per heavy atom. The third kappa shape index (κ3) is 8.73. The second-order valence-corrected chi connectivity index (χ2v) is 12.7. The van der Waals surface area contributed by atoms with Crippen molar-refractivity contribution in [2.45, 2.75) is 71.7 Å². The van der Waals surface area contributed by atoms with Crippen molar-refractivity contribution in [2.75, 3.05) is 17.2 Å². The number of nitrogens with one attached hydrogen (secondary N) is 1. The predicted molar refractivity (Wildman–Crippen MR) is 182 cm³/mol. The summed E-state index contributed by atoms with van der Waals surface area (Å²) in [7, 11) is 0. The lowest BCUT2D eigenvalue weighted by Gasteiger charge is -2.37. The van der Waals surface area contributed by atoms with Gasteiger partial charge in [0.15, 0.2) is 11.0 Å². The van der Waals surface area contributed by atoms with Gasteiger partial charge in [0.2, 0.25) is 0 Å². The van der Waals surface area contributed by atoms with Gasteiger partial charge in [0.05, 0.1) is 5.69 Å². The highest BCUT2D eigenvalue weighted by atomic mass is 32.2. The van der Waals surface area contributed by atoms with E-state index < -0.39 is 6.36 Å². The summed E-state index contributed by atoms with van der Waals surface area (Å²) in [4.78, 5) is 24.3. The standard InChI is InChI=1S/C35H39F3N6O2S/c1-5-7-27-9-8-23(3)20-31(27)44-24(4)18-19-47-34(44)41-33(45)39-21-25(6-2)26-10-12-28(13-11-26)32-40-22-43(42-32)29-14-16-30(17-15-29)46-35(36,37)38/h8-17,20,22,24-25H,5-7,18-19,21H2,1-4H3,(H,39,45)/b41-34-. The van der Waals surface area contributed by atoms with Crippen molar-refractivity contribution < 1.29 is 22.7 Å².